The third-order valence-electron chi connectivity index (χ3n) is 3.18. The van der Waals surface area contributed by atoms with Gasteiger partial charge in [0, 0.05) is 20.1 Å². The molecule has 1 aromatic carbocycles. The predicted octanol–water partition coefficient (Wildman–Crippen LogP) is 3.99. The van der Waals surface area contributed by atoms with Crippen molar-refractivity contribution in [1.82, 2.24) is 10.6 Å². The van der Waals surface area contributed by atoms with Gasteiger partial charge in [0.2, 0.25) is 0 Å². The lowest BCUT2D eigenvalue weighted by Gasteiger charge is -2.26. The van der Waals surface area contributed by atoms with Crippen LogP contribution >= 0.6 is 24.0 Å². The van der Waals surface area contributed by atoms with Crippen LogP contribution in [0.4, 0.5) is 13.2 Å². The van der Waals surface area contributed by atoms with Crippen molar-refractivity contribution in [3.8, 4) is 0 Å². The summed E-state index contributed by atoms with van der Waals surface area (Å²) in [7, 11) is 1.55. The number of benzene rings is 1. The third kappa shape index (κ3) is 10.4. The van der Waals surface area contributed by atoms with Crippen LogP contribution in [0.15, 0.2) is 35.3 Å². The number of hydrogen-bond acceptors (Lipinski definition) is 1. The zero-order chi connectivity index (χ0) is 16.6. The molecule has 0 aliphatic rings. The second-order valence-corrected chi connectivity index (χ2v) is 6.04. The molecule has 0 bridgehead atoms. The SMILES string of the molecule is CN=C(NCCC(F)(F)F)NCC(C)(C)Cc1ccccc1.I. The first-order valence-electron chi connectivity index (χ1n) is 7.27. The average molecular weight is 443 g/mol. The van der Waals surface area contributed by atoms with E-state index < -0.39 is 12.6 Å². The van der Waals surface area contributed by atoms with Crippen LogP contribution in [-0.2, 0) is 6.42 Å². The summed E-state index contributed by atoms with van der Waals surface area (Å²) in [6, 6.07) is 10.1. The Kier molecular flexibility index (Phi) is 9.57. The molecule has 23 heavy (non-hydrogen) atoms. The van der Waals surface area contributed by atoms with Crippen molar-refractivity contribution in [1.29, 1.82) is 0 Å². The Balaban J connectivity index is 0.00000484. The van der Waals surface area contributed by atoms with Gasteiger partial charge in [0.25, 0.3) is 0 Å². The number of nitrogens with one attached hydrogen (secondary N) is 2. The van der Waals surface area contributed by atoms with Gasteiger partial charge in [0.05, 0.1) is 6.42 Å². The van der Waals surface area contributed by atoms with Crippen molar-refractivity contribution in [3.05, 3.63) is 35.9 Å². The van der Waals surface area contributed by atoms with Crippen molar-refractivity contribution in [2.45, 2.75) is 32.9 Å². The summed E-state index contributed by atoms with van der Waals surface area (Å²) in [5.74, 6) is 0.394. The van der Waals surface area contributed by atoms with Crippen molar-refractivity contribution < 1.29 is 13.2 Å². The van der Waals surface area contributed by atoms with Crippen LogP contribution in [0.1, 0.15) is 25.8 Å². The van der Waals surface area contributed by atoms with E-state index in [4.69, 9.17) is 0 Å². The Labute approximate surface area is 153 Å². The fourth-order valence-electron chi connectivity index (χ4n) is 2.08. The van der Waals surface area contributed by atoms with Gasteiger partial charge in [-0.3, -0.25) is 4.99 Å². The van der Waals surface area contributed by atoms with E-state index >= 15 is 0 Å². The molecule has 0 saturated heterocycles. The summed E-state index contributed by atoms with van der Waals surface area (Å²) in [4.78, 5) is 3.94. The largest absolute Gasteiger partial charge is 0.390 e. The topological polar surface area (TPSA) is 36.4 Å². The third-order valence-corrected chi connectivity index (χ3v) is 3.18. The number of halogens is 4. The van der Waals surface area contributed by atoms with Gasteiger partial charge in [-0.2, -0.15) is 13.2 Å². The smallest absolute Gasteiger partial charge is 0.356 e. The molecule has 0 aliphatic heterocycles. The molecule has 1 rings (SSSR count). The summed E-state index contributed by atoms with van der Waals surface area (Å²) in [5.41, 5.74) is 1.19. The molecule has 7 heteroatoms. The minimum absolute atomic E-state index is 0. The van der Waals surface area contributed by atoms with Gasteiger partial charge >= 0.3 is 6.18 Å². The lowest BCUT2D eigenvalue weighted by molar-refractivity contribution is -0.132. The molecular weight excluding hydrogens is 418 g/mol. The summed E-state index contributed by atoms with van der Waals surface area (Å²) in [6.45, 7) is 4.65. The number of nitrogens with zero attached hydrogens (tertiary/aromatic N) is 1. The van der Waals surface area contributed by atoms with Gasteiger partial charge in [-0.1, -0.05) is 44.2 Å². The molecule has 0 spiro atoms. The number of rotatable bonds is 6. The van der Waals surface area contributed by atoms with Crippen molar-refractivity contribution in [2.75, 3.05) is 20.1 Å². The zero-order valence-electron chi connectivity index (χ0n) is 13.7. The first-order chi connectivity index (χ1) is 10.2. The van der Waals surface area contributed by atoms with Crippen LogP contribution in [0, 0.1) is 5.41 Å². The van der Waals surface area contributed by atoms with Gasteiger partial charge in [0.1, 0.15) is 0 Å². The fourth-order valence-corrected chi connectivity index (χ4v) is 2.08. The summed E-state index contributed by atoms with van der Waals surface area (Å²) in [5, 5.41) is 5.77. The van der Waals surface area contributed by atoms with E-state index in [1.165, 1.54) is 5.56 Å². The highest BCUT2D eigenvalue weighted by molar-refractivity contribution is 14.0. The first kappa shape index (κ1) is 22.0. The van der Waals surface area contributed by atoms with E-state index in [0.717, 1.165) is 6.42 Å². The van der Waals surface area contributed by atoms with Crippen molar-refractivity contribution >= 4 is 29.9 Å². The van der Waals surface area contributed by atoms with Crippen molar-refractivity contribution in [3.63, 3.8) is 0 Å². The second-order valence-electron chi connectivity index (χ2n) is 6.04. The Morgan fingerprint density at radius 1 is 1.09 bits per heavy atom. The van der Waals surface area contributed by atoms with Gasteiger partial charge in [0.15, 0.2) is 5.96 Å². The minimum atomic E-state index is -4.15. The second kappa shape index (κ2) is 10.00. The van der Waals surface area contributed by atoms with Crippen LogP contribution < -0.4 is 10.6 Å². The number of aliphatic imine (C=N–C) groups is 1. The lowest BCUT2D eigenvalue weighted by Crippen LogP contribution is -2.43. The molecule has 0 aliphatic carbocycles. The maximum Gasteiger partial charge on any atom is 0.390 e. The van der Waals surface area contributed by atoms with E-state index in [9.17, 15) is 13.2 Å². The van der Waals surface area contributed by atoms with Gasteiger partial charge in [-0.15, -0.1) is 24.0 Å². The molecule has 0 heterocycles. The molecule has 0 fully saturated rings. The Bertz CT molecular complexity index is 473. The van der Waals surface area contributed by atoms with E-state index in [1.54, 1.807) is 7.05 Å². The van der Waals surface area contributed by atoms with E-state index in [2.05, 4.69) is 41.6 Å². The molecule has 0 unspecified atom stereocenters. The maximum absolute atomic E-state index is 12.1. The maximum atomic E-state index is 12.1. The number of alkyl halides is 3. The average Bonchev–Trinajstić information content (AvgIpc) is 2.42. The predicted molar refractivity (Wildman–Crippen MR) is 99.4 cm³/mol. The lowest BCUT2D eigenvalue weighted by atomic mass is 9.86. The molecule has 0 saturated carbocycles. The molecule has 0 radical (unpaired) electrons. The van der Waals surface area contributed by atoms with Crippen LogP contribution in [0.25, 0.3) is 0 Å². The number of hydrogen-bond donors (Lipinski definition) is 2. The molecule has 0 amide bonds. The molecule has 132 valence electrons. The molecule has 1 aromatic rings. The highest BCUT2D eigenvalue weighted by Gasteiger charge is 2.26. The summed E-state index contributed by atoms with van der Waals surface area (Å²) < 4.78 is 36.4. The highest BCUT2D eigenvalue weighted by atomic mass is 127. The molecule has 0 atom stereocenters. The van der Waals surface area contributed by atoms with E-state index in [1.807, 2.05) is 18.2 Å². The molecule has 3 nitrogen and oxygen atoms in total. The van der Waals surface area contributed by atoms with Crippen molar-refractivity contribution in [2.24, 2.45) is 10.4 Å². The summed E-state index contributed by atoms with van der Waals surface area (Å²) in [6.07, 6.45) is -4.15. The van der Waals surface area contributed by atoms with Crippen LogP contribution in [0.2, 0.25) is 0 Å². The van der Waals surface area contributed by atoms with Gasteiger partial charge < -0.3 is 10.6 Å². The van der Waals surface area contributed by atoms with Crippen LogP contribution in [-0.4, -0.2) is 32.3 Å². The molecule has 0 aromatic heterocycles. The van der Waals surface area contributed by atoms with Gasteiger partial charge in [-0.25, -0.2) is 0 Å². The van der Waals surface area contributed by atoms with Crippen LogP contribution in [0.3, 0.4) is 0 Å². The first-order valence-corrected chi connectivity index (χ1v) is 7.27. The Hall–Kier alpha value is -0.990. The normalized spacial score (nSPS) is 12.5. The Morgan fingerprint density at radius 3 is 2.22 bits per heavy atom. The minimum Gasteiger partial charge on any atom is -0.356 e. The number of guanidine groups is 1. The molecule has 2 N–H and O–H groups in total. The fraction of sp³-hybridized carbons (Fsp3) is 0.562. The van der Waals surface area contributed by atoms with Gasteiger partial charge in [-0.05, 0) is 17.4 Å². The summed E-state index contributed by atoms with van der Waals surface area (Å²) >= 11 is 0. The standard InChI is InChI=1S/C16H24F3N3.HI/c1-15(2,11-13-7-5-4-6-8-13)12-22-14(20-3)21-10-9-16(17,18)19;/h4-8H,9-12H2,1-3H3,(H2,20,21,22);1H. The molecular formula is C16H25F3IN3. The Morgan fingerprint density at radius 2 is 1.70 bits per heavy atom. The quantitative estimate of drug-likeness (QED) is 0.397. The van der Waals surface area contributed by atoms with E-state index in [-0.39, 0.29) is 35.9 Å². The zero-order valence-corrected chi connectivity index (χ0v) is 16.0. The van der Waals surface area contributed by atoms with Crippen LogP contribution in [0.5, 0.6) is 0 Å². The monoisotopic (exact) mass is 443 g/mol. The highest BCUT2D eigenvalue weighted by Crippen LogP contribution is 2.21. The van der Waals surface area contributed by atoms with E-state index in [0.29, 0.717) is 12.5 Å².